The lowest BCUT2D eigenvalue weighted by molar-refractivity contribution is -0.135. The van der Waals surface area contributed by atoms with Crippen LogP contribution in [0.25, 0.3) is 0 Å². The molecule has 0 aromatic carbocycles. The molecule has 0 saturated heterocycles. The second-order valence-corrected chi connectivity index (χ2v) is 3.18. The van der Waals surface area contributed by atoms with Crippen molar-refractivity contribution < 1.29 is 28.5 Å². The van der Waals surface area contributed by atoms with Gasteiger partial charge in [-0.2, -0.15) is 0 Å². The molecule has 0 spiro atoms. The summed E-state index contributed by atoms with van der Waals surface area (Å²) < 4.78 is 13.8. The summed E-state index contributed by atoms with van der Waals surface area (Å²) in [7, 11) is -4.71. The van der Waals surface area contributed by atoms with E-state index >= 15 is 0 Å². The van der Waals surface area contributed by atoms with E-state index in [9.17, 15) is 14.2 Å². The number of unbranched alkanes of at least 4 members (excludes halogenated alkanes) is 1. The first-order valence-electron chi connectivity index (χ1n) is 3.17. The molecule has 0 radical (unpaired) electrons. The monoisotopic (exact) mass is 196 g/mol. The highest BCUT2D eigenvalue weighted by Gasteiger charge is 2.19. The van der Waals surface area contributed by atoms with Crippen molar-refractivity contribution in [3.63, 3.8) is 0 Å². The molecule has 0 saturated carbocycles. The smallest absolute Gasteiger partial charge is 0.371 e. The largest absolute Gasteiger partial charge is 0.526 e. The molecule has 7 heteroatoms. The fraction of sp³-hybridized carbons (Fsp3) is 0.600. The Bertz CT molecular complexity index is 206. The molecule has 0 atom stereocenters. The van der Waals surface area contributed by atoms with E-state index in [1.165, 1.54) is 0 Å². The molecule has 0 unspecified atom stereocenters. The number of carbonyl (C=O) groups excluding carboxylic acids is 2. The molecule has 0 aliphatic heterocycles. The van der Waals surface area contributed by atoms with E-state index < -0.39 is 13.8 Å². The average molecular weight is 196 g/mol. The number of aldehydes is 1. The Morgan fingerprint density at radius 3 is 2.50 bits per heavy atom. The lowest BCUT2D eigenvalue weighted by atomic mass is 10.2. The van der Waals surface area contributed by atoms with Crippen LogP contribution in [0, 0.1) is 0 Å². The number of hydrogen-bond donors (Lipinski definition) is 2. The van der Waals surface area contributed by atoms with E-state index in [2.05, 4.69) is 4.52 Å². The van der Waals surface area contributed by atoms with Gasteiger partial charge in [0, 0.05) is 12.8 Å². The Labute approximate surface area is 68.8 Å². The van der Waals surface area contributed by atoms with Crippen molar-refractivity contribution in [1.82, 2.24) is 0 Å². The Morgan fingerprint density at radius 1 is 1.50 bits per heavy atom. The number of carbonyl (C=O) groups is 2. The highest BCUT2D eigenvalue weighted by atomic mass is 31.2. The van der Waals surface area contributed by atoms with Crippen LogP contribution >= 0.6 is 7.82 Å². The average Bonchev–Trinajstić information content (AvgIpc) is 1.84. The van der Waals surface area contributed by atoms with Crippen LogP contribution in [0.4, 0.5) is 0 Å². The summed E-state index contributed by atoms with van der Waals surface area (Å²) >= 11 is 0. The molecule has 6 nitrogen and oxygen atoms in total. The van der Waals surface area contributed by atoms with Crippen molar-refractivity contribution in [2.24, 2.45) is 0 Å². The van der Waals surface area contributed by atoms with Gasteiger partial charge in [-0.25, -0.2) is 4.57 Å². The molecule has 0 heterocycles. The Hall–Kier alpha value is -0.710. The molecule has 0 aliphatic carbocycles. The zero-order valence-corrected chi connectivity index (χ0v) is 7.07. The zero-order valence-electron chi connectivity index (χ0n) is 6.17. The third-order valence-electron chi connectivity index (χ3n) is 0.924. The zero-order chi connectivity index (χ0) is 9.61. The summed E-state index contributed by atoms with van der Waals surface area (Å²) in [5.74, 6) is -0.995. The van der Waals surface area contributed by atoms with Crippen LogP contribution in [0.1, 0.15) is 19.3 Å². The molecular weight excluding hydrogens is 187 g/mol. The van der Waals surface area contributed by atoms with Crippen molar-refractivity contribution in [2.75, 3.05) is 0 Å². The molecule has 0 bridgehead atoms. The third kappa shape index (κ3) is 7.40. The van der Waals surface area contributed by atoms with Crippen molar-refractivity contribution in [1.29, 1.82) is 0 Å². The number of rotatable bonds is 5. The van der Waals surface area contributed by atoms with Gasteiger partial charge in [-0.05, 0) is 6.42 Å². The molecule has 0 rings (SSSR count). The molecule has 12 heavy (non-hydrogen) atoms. The van der Waals surface area contributed by atoms with Gasteiger partial charge in [-0.1, -0.05) is 0 Å². The minimum absolute atomic E-state index is 0.163. The van der Waals surface area contributed by atoms with E-state index in [1.54, 1.807) is 0 Å². The van der Waals surface area contributed by atoms with Gasteiger partial charge in [0.05, 0.1) is 0 Å². The second kappa shape index (κ2) is 5.03. The van der Waals surface area contributed by atoms with Crippen LogP contribution in [-0.4, -0.2) is 22.0 Å². The Balaban J connectivity index is 3.61. The van der Waals surface area contributed by atoms with E-state index in [0.29, 0.717) is 6.29 Å². The van der Waals surface area contributed by atoms with Crippen molar-refractivity contribution >= 4 is 20.1 Å². The molecule has 0 aromatic heterocycles. The van der Waals surface area contributed by atoms with Gasteiger partial charge in [-0.3, -0.25) is 14.6 Å². The van der Waals surface area contributed by atoms with Gasteiger partial charge in [0.25, 0.3) is 0 Å². The Morgan fingerprint density at radius 2 is 2.08 bits per heavy atom. The first-order chi connectivity index (χ1) is 5.45. The van der Waals surface area contributed by atoms with Crippen LogP contribution in [0.5, 0.6) is 0 Å². The highest BCUT2D eigenvalue weighted by Crippen LogP contribution is 2.36. The lowest BCUT2D eigenvalue weighted by Crippen LogP contribution is -2.01. The van der Waals surface area contributed by atoms with E-state index in [1.807, 2.05) is 0 Å². The van der Waals surface area contributed by atoms with Gasteiger partial charge in [0.15, 0.2) is 0 Å². The maximum atomic E-state index is 10.5. The Kier molecular flexibility index (Phi) is 4.73. The van der Waals surface area contributed by atoms with Gasteiger partial charge in [0.2, 0.25) is 0 Å². The van der Waals surface area contributed by atoms with Crippen molar-refractivity contribution in [3.05, 3.63) is 0 Å². The highest BCUT2D eigenvalue weighted by molar-refractivity contribution is 7.46. The minimum Gasteiger partial charge on any atom is -0.371 e. The molecule has 0 fully saturated rings. The summed E-state index contributed by atoms with van der Waals surface area (Å²) in [4.78, 5) is 36.6. The van der Waals surface area contributed by atoms with Crippen LogP contribution in [0.2, 0.25) is 0 Å². The van der Waals surface area contributed by atoms with E-state index in [0.717, 1.165) is 0 Å². The quantitative estimate of drug-likeness (QED) is 0.364. The molecule has 70 valence electrons. The van der Waals surface area contributed by atoms with Crippen LogP contribution < -0.4 is 0 Å². The molecular formula is C5H9O6P. The molecule has 0 aromatic rings. The maximum Gasteiger partial charge on any atom is 0.526 e. The SMILES string of the molecule is O=CCCCC(=O)OP(=O)(O)O. The van der Waals surface area contributed by atoms with Gasteiger partial charge in [-0.15, -0.1) is 0 Å². The first kappa shape index (κ1) is 11.3. The summed E-state index contributed by atoms with van der Waals surface area (Å²) in [6.07, 6.45) is 0.868. The standard InChI is InChI=1S/C5H9O6P/c6-4-2-1-3-5(7)11-12(8,9)10/h4H,1-3H2,(H2,8,9,10). The molecule has 0 amide bonds. The summed E-state index contributed by atoms with van der Waals surface area (Å²) in [5.41, 5.74) is 0. The van der Waals surface area contributed by atoms with Gasteiger partial charge in [0.1, 0.15) is 6.29 Å². The van der Waals surface area contributed by atoms with Crippen LogP contribution in [0.15, 0.2) is 0 Å². The van der Waals surface area contributed by atoms with Crippen LogP contribution in [-0.2, 0) is 18.7 Å². The molecule has 0 aliphatic rings. The number of phosphoric acid groups is 1. The van der Waals surface area contributed by atoms with Gasteiger partial charge < -0.3 is 9.32 Å². The fourth-order valence-electron chi connectivity index (χ4n) is 0.508. The predicted molar refractivity (Wildman–Crippen MR) is 38.1 cm³/mol. The fourth-order valence-corrected chi connectivity index (χ4v) is 0.865. The maximum absolute atomic E-state index is 10.5. The number of hydrogen-bond acceptors (Lipinski definition) is 4. The molecule has 2 N–H and O–H groups in total. The normalized spacial score (nSPS) is 10.8. The van der Waals surface area contributed by atoms with E-state index in [4.69, 9.17) is 9.79 Å². The minimum atomic E-state index is -4.71. The number of phosphoric ester groups is 1. The van der Waals surface area contributed by atoms with Crippen molar-refractivity contribution in [2.45, 2.75) is 19.3 Å². The summed E-state index contributed by atoms with van der Waals surface area (Å²) in [6, 6.07) is 0. The second-order valence-electron chi connectivity index (χ2n) is 2.01. The van der Waals surface area contributed by atoms with Gasteiger partial charge >= 0.3 is 13.8 Å². The predicted octanol–water partition coefficient (Wildman–Crippen LogP) is -0.00850. The third-order valence-corrected chi connectivity index (χ3v) is 1.37. The first-order valence-corrected chi connectivity index (χ1v) is 4.70. The van der Waals surface area contributed by atoms with E-state index in [-0.39, 0.29) is 19.3 Å². The lowest BCUT2D eigenvalue weighted by Gasteiger charge is -2.03. The summed E-state index contributed by atoms with van der Waals surface area (Å²) in [5, 5.41) is 0. The van der Waals surface area contributed by atoms with Crippen molar-refractivity contribution in [3.8, 4) is 0 Å². The summed E-state index contributed by atoms with van der Waals surface area (Å²) in [6.45, 7) is 0. The topological polar surface area (TPSA) is 101 Å². The van der Waals surface area contributed by atoms with Crippen LogP contribution in [0.3, 0.4) is 0 Å².